The van der Waals surface area contributed by atoms with Crippen LogP contribution in [0.15, 0.2) is 39.9 Å². The van der Waals surface area contributed by atoms with Crippen LogP contribution in [-0.2, 0) is 17.9 Å². The van der Waals surface area contributed by atoms with Gasteiger partial charge in [0.1, 0.15) is 5.82 Å². The number of thiocarbonyl (C=S) groups is 1. The fourth-order valence-corrected chi connectivity index (χ4v) is 2.80. The maximum Gasteiger partial charge on any atom is 0.332 e. The lowest BCUT2D eigenvalue weighted by molar-refractivity contribution is -0.117. The Kier molecular flexibility index (Phi) is 7.14. The Morgan fingerprint density at radius 1 is 1.22 bits per heavy atom. The molecular weight excluding hydrogens is 390 g/mol. The number of halogens is 1. The molecule has 0 radical (unpaired) electrons. The highest BCUT2D eigenvalue weighted by atomic mass is 35.5. The number of aromatic nitrogens is 2. The zero-order valence-electron chi connectivity index (χ0n) is 14.9. The number of anilines is 1. The van der Waals surface area contributed by atoms with Gasteiger partial charge in [-0.1, -0.05) is 36.7 Å². The predicted octanol–water partition coefficient (Wildman–Crippen LogP) is 1.46. The molecule has 0 saturated carbocycles. The zero-order chi connectivity index (χ0) is 20.0. The third-order valence-electron chi connectivity index (χ3n) is 3.61. The van der Waals surface area contributed by atoms with Crippen LogP contribution in [0.4, 0.5) is 5.82 Å². The van der Waals surface area contributed by atoms with E-state index in [0.717, 1.165) is 10.1 Å². The van der Waals surface area contributed by atoms with Crippen molar-refractivity contribution in [1.29, 1.82) is 0 Å². The van der Waals surface area contributed by atoms with Crippen molar-refractivity contribution in [1.82, 2.24) is 19.9 Å². The van der Waals surface area contributed by atoms with Gasteiger partial charge < -0.3 is 5.32 Å². The summed E-state index contributed by atoms with van der Waals surface area (Å²) in [5.74, 6) is -0.147. The van der Waals surface area contributed by atoms with Crippen LogP contribution < -0.4 is 27.4 Å². The summed E-state index contributed by atoms with van der Waals surface area (Å²) in [6.07, 6.45) is 0.638. The normalized spacial score (nSPS) is 10.3. The van der Waals surface area contributed by atoms with Crippen molar-refractivity contribution in [2.45, 2.75) is 33.4 Å². The average molecular weight is 410 g/mol. The van der Waals surface area contributed by atoms with Crippen molar-refractivity contribution in [3.05, 3.63) is 61.8 Å². The summed E-state index contributed by atoms with van der Waals surface area (Å²) in [4.78, 5) is 36.2. The number of nitrogens with one attached hydrogen (secondary N) is 3. The highest BCUT2D eigenvalue weighted by Gasteiger charge is 2.13. The molecule has 0 spiro atoms. The largest absolute Gasteiger partial charge is 0.332 e. The lowest BCUT2D eigenvalue weighted by Crippen LogP contribution is -2.45. The molecule has 1 amide bonds. The van der Waals surface area contributed by atoms with E-state index < -0.39 is 11.2 Å². The molecule has 1 heterocycles. The van der Waals surface area contributed by atoms with E-state index in [2.05, 4.69) is 16.2 Å². The molecule has 1 aromatic carbocycles. The molecule has 27 heavy (non-hydrogen) atoms. The summed E-state index contributed by atoms with van der Waals surface area (Å²) in [5.41, 5.74) is 5.10. The van der Waals surface area contributed by atoms with Crippen LogP contribution in [0.25, 0.3) is 0 Å². The smallest absolute Gasteiger partial charge is 0.302 e. The van der Waals surface area contributed by atoms with Crippen molar-refractivity contribution in [2.75, 3.05) is 5.43 Å². The average Bonchev–Trinajstić information content (AvgIpc) is 2.60. The number of carbonyl (C=O) groups is 1. The summed E-state index contributed by atoms with van der Waals surface area (Å²) in [5, 5.41) is 2.90. The fraction of sp³-hybridized carbons (Fsp3) is 0.294. The number of amides is 1. The lowest BCUT2D eigenvalue weighted by Gasteiger charge is -2.18. The monoisotopic (exact) mass is 409 g/mol. The first-order valence-electron chi connectivity index (χ1n) is 8.25. The van der Waals surface area contributed by atoms with Crippen LogP contribution in [0.2, 0.25) is 5.02 Å². The zero-order valence-corrected chi connectivity index (χ0v) is 16.5. The molecule has 0 aliphatic carbocycles. The number of carbonyl (C=O) groups excluding carboxylic acids is 1. The molecule has 0 saturated heterocycles. The molecule has 0 unspecified atom stereocenters. The Hall–Kier alpha value is -2.65. The van der Waals surface area contributed by atoms with Crippen molar-refractivity contribution in [3.63, 3.8) is 0 Å². The van der Waals surface area contributed by atoms with E-state index in [9.17, 15) is 14.4 Å². The lowest BCUT2D eigenvalue weighted by atomic mass is 10.2. The minimum Gasteiger partial charge on any atom is -0.302 e. The van der Waals surface area contributed by atoms with Crippen molar-refractivity contribution in [3.8, 4) is 0 Å². The number of hydrogen-bond donors (Lipinski definition) is 3. The SMILES string of the molecule is CCCn1c(=O)cc(NNC(=S)NC(C)=O)n(Cc2ccccc2Cl)c1=O. The molecule has 3 N–H and O–H groups in total. The molecule has 2 rings (SSSR count). The Morgan fingerprint density at radius 3 is 2.56 bits per heavy atom. The molecule has 8 nitrogen and oxygen atoms in total. The number of hydrogen-bond acceptors (Lipinski definition) is 5. The fourth-order valence-electron chi connectivity index (χ4n) is 2.41. The molecule has 0 fully saturated rings. The van der Waals surface area contributed by atoms with Gasteiger partial charge in [0.15, 0.2) is 5.11 Å². The second-order valence-electron chi connectivity index (χ2n) is 5.74. The highest BCUT2D eigenvalue weighted by Crippen LogP contribution is 2.16. The van der Waals surface area contributed by atoms with E-state index in [1.165, 1.54) is 17.6 Å². The quantitative estimate of drug-likeness (QED) is 0.493. The topological polar surface area (TPSA) is 97.2 Å². The molecule has 0 aliphatic rings. The van der Waals surface area contributed by atoms with E-state index in [-0.39, 0.29) is 23.4 Å². The molecule has 2 aromatic rings. The summed E-state index contributed by atoms with van der Waals surface area (Å²) >= 11 is 11.2. The van der Waals surface area contributed by atoms with Gasteiger partial charge in [-0.15, -0.1) is 0 Å². The van der Waals surface area contributed by atoms with Crippen molar-refractivity contribution >= 4 is 40.7 Å². The summed E-state index contributed by atoms with van der Waals surface area (Å²) in [6, 6.07) is 8.41. The van der Waals surface area contributed by atoms with Crippen LogP contribution in [0.3, 0.4) is 0 Å². The molecule has 10 heteroatoms. The number of benzene rings is 1. The Morgan fingerprint density at radius 2 is 1.93 bits per heavy atom. The molecule has 0 bridgehead atoms. The van der Waals surface area contributed by atoms with Crippen LogP contribution in [0.5, 0.6) is 0 Å². The van der Waals surface area contributed by atoms with Crippen LogP contribution in [0.1, 0.15) is 25.8 Å². The van der Waals surface area contributed by atoms with Crippen molar-refractivity contribution in [2.24, 2.45) is 0 Å². The third kappa shape index (κ3) is 5.41. The van der Waals surface area contributed by atoms with Crippen LogP contribution >= 0.6 is 23.8 Å². The summed E-state index contributed by atoms with van der Waals surface area (Å²) in [6.45, 7) is 3.65. The van der Waals surface area contributed by atoms with Crippen LogP contribution in [0, 0.1) is 0 Å². The van der Waals surface area contributed by atoms with E-state index in [0.29, 0.717) is 18.0 Å². The van der Waals surface area contributed by atoms with Gasteiger partial charge >= 0.3 is 5.69 Å². The molecule has 0 aliphatic heterocycles. The van der Waals surface area contributed by atoms with E-state index in [4.69, 9.17) is 23.8 Å². The first-order chi connectivity index (χ1) is 12.8. The van der Waals surface area contributed by atoms with Gasteiger partial charge in [0.2, 0.25) is 5.91 Å². The first-order valence-corrected chi connectivity index (χ1v) is 9.03. The summed E-state index contributed by atoms with van der Waals surface area (Å²) in [7, 11) is 0. The van der Waals surface area contributed by atoms with Gasteiger partial charge in [0.25, 0.3) is 5.56 Å². The summed E-state index contributed by atoms with van der Waals surface area (Å²) < 4.78 is 2.54. The number of rotatable bonds is 6. The maximum absolute atomic E-state index is 12.9. The van der Waals surface area contributed by atoms with Crippen LogP contribution in [-0.4, -0.2) is 20.2 Å². The first kappa shape index (κ1) is 20.7. The van der Waals surface area contributed by atoms with E-state index in [1.54, 1.807) is 18.2 Å². The van der Waals surface area contributed by atoms with E-state index >= 15 is 0 Å². The second-order valence-corrected chi connectivity index (χ2v) is 6.56. The molecule has 144 valence electrons. The molecule has 0 atom stereocenters. The van der Waals surface area contributed by atoms with Crippen molar-refractivity contribution < 1.29 is 4.79 Å². The van der Waals surface area contributed by atoms with Gasteiger partial charge in [-0.2, -0.15) is 0 Å². The molecule has 1 aromatic heterocycles. The molecular formula is C17H20ClN5O3S. The third-order valence-corrected chi connectivity index (χ3v) is 4.18. The Bertz CT molecular complexity index is 970. The second kappa shape index (κ2) is 9.33. The van der Waals surface area contributed by atoms with Gasteiger partial charge in [0, 0.05) is 24.6 Å². The van der Waals surface area contributed by atoms with Gasteiger partial charge in [-0.3, -0.25) is 29.6 Å². The van der Waals surface area contributed by atoms with E-state index in [1.807, 2.05) is 13.0 Å². The highest BCUT2D eigenvalue weighted by molar-refractivity contribution is 7.80. The number of hydrazine groups is 1. The minimum atomic E-state index is -0.473. The number of nitrogens with zero attached hydrogens (tertiary/aromatic N) is 2. The van der Waals surface area contributed by atoms with Gasteiger partial charge in [-0.05, 0) is 30.3 Å². The predicted molar refractivity (Wildman–Crippen MR) is 109 cm³/mol. The Labute approximate surface area is 166 Å². The maximum atomic E-state index is 12.9. The minimum absolute atomic E-state index is 0.0111. The standard InChI is InChI=1S/C17H20ClN5O3S/c1-3-8-22-15(25)9-14(20-21-16(27)19-11(2)24)23(17(22)26)10-12-6-4-5-7-13(12)18/h4-7,9,20H,3,8,10H2,1-2H3,(H2,19,21,24,27). The Balaban J connectivity index is 2.43. The van der Waals surface area contributed by atoms with Gasteiger partial charge in [0.05, 0.1) is 6.54 Å². The van der Waals surface area contributed by atoms with Gasteiger partial charge in [-0.25, -0.2) is 4.79 Å².